The van der Waals surface area contributed by atoms with E-state index in [1.807, 2.05) is 0 Å². The van der Waals surface area contributed by atoms with Gasteiger partial charge in [-0.2, -0.15) is 4.98 Å². The van der Waals surface area contributed by atoms with Gasteiger partial charge >= 0.3 is 11.4 Å². The zero-order valence-electron chi connectivity index (χ0n) is 14.3. The molecule has 1 aromatic rings. The molecule has 13 heteroatoms. The third kappa shape index (κ3) is 4.48. The molecule has 5 N–H and O–H groups in total. The minimum absolute atomic E-state index is 0.0526. The summed E-state index contributed by atoms with van der Waals surface area (Å²) < 4.78 is 32.4. The zero-order valence-corrected chi connectivity index (χ0v) is 16.9. The number of ether oxygens (including phenoxy) is 1. The summed E-state index contributed by atoms with van der Waals surface area (Å²) in [6, 6.07) is 0. The fourth-order valence-corrected chi connectivity index (χ4v) is 5.13. The highest BCUT2D eigenvalue weighted by Gasteiger charge is 2.41. The van der Waals surface area contributed by atoms with Crippen LogP contribution in [0.1, 0.15) is 49.8 Å². The summed E-state index contributed by atoms with van der Waals surface area (Å²) >= 11 is 4.66. The Morgan fingerprint density at radius 3 is 2.74 bits per heavy atom. The highest BCUT2D eigenvalue weighted by atomic mass is 32.9. The van der Waals surface area contributed by atoms with Crippen LogP contribution in [0.3, 0.4) is 0 Å². The van der Waals surface area contributed by atoms with Gasteiger partial charge in [0.2, 0.25) is 10.7 Å². The number of nitrogens with two attached hydrogens (primary N) is 1. The monoisotopic (exact) mass is 439 g/mol. The maximum absolute atomic E-state index is 12.3. The summed E-state index contributed by atoms with van der Waals surface area (Å²) in [5.41, 5.74) is 2.13. The second-order valence-electron chi connectivity index (χ2n) is 6.64. The summed E-state index contributed by atoms with van der Waals surface area (Å²) in [5.74, 6) is 0.432. The minimum Gasteiger partial charge on any atom is -0.394 e. The number of rotatable bonds is 6. The van der Waals surface area contributed by atoms with E-state index >= 15 is 0 Å². The van der Waals surface area contributed by atoms with Gasteiger partial charge in [-0.05, 0) is 30.6 Å². The highest BCUT2D eigenvalue weighted by Crippen LogP contribution is 2.50. The number of nitrogens with zero attached hydrogens (tertiary/aromatic N) is 2. The number of nitrogen functional groups attached to an aromatic ring is 1. The van der Waals surface area contributed by atoms with Crippen LogP contribution in [0.25, 0.3) is 0 Å². The van der Waals surface area contributed by atoms with E-state index in [1.54, 1.807) is 6.20 Å². The fourth-order valence-electron chi connectivity index (χ4n) is 3.61. The molecule has 1 aliphatic carbocycles. The number of aromatic nitrogens is 2. The van der Waals surface area contributed by atoms with Gasteiger partial charge in [0.25, 0.3) is 0 Å². The van der Waals surface area contributed by atoms with Crippen molar-refractivity contribution in [2.24, 2.45) is 0 Å². The molecule has 5 atom stereocenters. The normalized spacial score (nSPS) is 29.7. The van der Waals surface area contributed by atoms with Crippen LogP contribution in [-0.2, 0) is 31.8 Å². The lowest BCUT2D eigenvalue weighted by molar-refractivity contribution is -0.0417. The molecule has 3 rings (SSSR count). The molecule has 0 bridgehead atoms. The van der Waals surface area contributed by atoms with Crippen molar-refractivity contribution in [3.8, 4) is 0 Å². The molecule has 2 aliphatic rings. The lowest BCUT2D eigenvalue weighted by Gasteiger charge is -2.20. The molecule has 1 saturated heterocycles. The Morgan fingerprint density at radius 2 is 2.15 bits per heavy atom. The maximum atomic E-state index is 12.3. The Kier molecular flexibility index (Phi) is 6.48. The van der Waals surface area contributed by atoms with Crippen molar-refractivity contribution in [2.45, 2.75) is 56.5 Å². The fraction of sp³-hybridized carbons (Fsp3) is 0.714. The molecule has 1 aliphatic heterocycles. The summed E-state index contributed by atoms with van der Waals surface area (Å²) in [5, 5.41) is 9.51. The van der Waals surface area contributed by atoms with Crippen LogP contribution < -0.4 is 11.4 Å². The maximum Gasteiger partial charge on any atom is 0.351 e. The summed E-state index contributed by atoms with van der Waals surface area (Å²) in [6.45, 7) is -0.471. The molecule has 0 amide bonds. The molecule has 2 heterocycles. The summed E-state index contributed by atoms with van der Waals surface area (Å²) in [7, 11) is -2.73. The Morgan fingerprint density at radius 1 is 1.48 bits per heavy atom. The van der Waals surface area contributed by atoms with Crippen LogP contribution >= 0.6 is 5.69 Å². The van der Waals surface area contributed by atoms with E-state index in [0.717, 1.165) is 31.2 Å². The van der Waals surface area contributed by atoms with Crippen LogP contribution in [0.4, 0.5) is 5.82 Å². The first-order chi connectivity index (χ1) is 12.7. The van der Waals surface area contributed by atoms with E-state index in [1.165, 1.54) is 4.57 Å². The van der Waals surface area contributed by atoms with E-state index in [2.05, 4.69) is 16.8 Å². The van der Waals surface area contributed by atoms with Gasteiger partial charge in [-0.3, -0.25) is 9.12 Å². The minimum atomic E-state index is -3.98. The van der Waals surface area contributed by atoms with Crippen molar-refractivity contribution >= 4 is 34.0 Å². The average molecular weight is 439 g/mol. The number of anilines is 1. The molecular weight excluding hydrogens is 417 g/mol. The van der Waals surface area contributed by atoms with E-state index in [9.17, 15) is 19.0 Å². The summed E-state index contributed by atoms with van der Waals surface area (Å²) in [6.07, 6.45) is 3.12. The first-order valence-electron chi connectivity index (χ1n) is 8.50. The molecule has 152 valence electrons. The van der Waals surface area contributed by atoms with Crippen molar-refractivity contribution in [1.29, 1.82) is 0 Å². The largest absolute Gasteiger partial charge is 0.394 e. The third-order valence-electron chi connectivity index (χ3n) is 4.94. The van der Waals surface area contributed by atoms with Crippen LogP contribution in [-0.4, -0.2) is 47.1 Å². The van der Waals surface area contributed by atoms with Gasteiger partial charge in [-0.25, -0.2) is 9.00 Å². The molecule has 2 fully saturated rings. The Labute approximate surface area is 162 Å². The molecule has 0 radical (unpaired) electrons. The average Bonchev–Trinajstić information content (AvgIpc) is 3.24. The van der Waals surface area contributed by atoms with Crippen LogP contribution in [0.2, 0.25) is 0 Å². The topological polar surface area (TPSA) is 157 Å². The second-order valence-corrected chi connectivity index (χ2v) is 12.9. The standard InChI is InChI=1S/C14H22N3O7PS2/c15-13-9(8-3-1-2-4-8)6-17(14(19)16-13)12-5-10(11(7-18)23-12)24-25(20,26)27(21)22/h6,8,10-12,18H,1-5,7H2,(H,20,26)(H,21,22)(H2,15,16,19). The molecule has 0 aromatic carbocycles. The van der Waals surface area contributed by atoms with Gasteiger partial charge in [0.05, 0.1) is 12.7 Å². The SMILES string of the molecule is Nc1nc(=O)n(C2CC(OP(O)(=S)S(=O)O)C(CO)O2)cc1C1CCCC1. The Hall–Kier alpha value is -0.720. The van der Waals surface area contributed by atoms with Gasteiger partial charge in [0.1, 0.15) is 18.1 Å². The predicted octanol–water partition coefficient (Wildman–Crippen LogP) is 0.587. The molecule has 5 unspecified atom stereocenters. The van der Waals surface area contributed by atoms with Crippen molar-refractivity contribution in [3.05, 3.63) is 22.2 Å². The lowest BCUT2D eigenvalue weighted by atomic mass is 10.00. The quantitative estimate of drug-likeness (QED) is 0.365. The molecule has 1 saturated carbocycles. The highest BCUT2D eigenvalue weighted by molar-refractivity contribution is 8.58. The van der Waals surface area contributed by atoms with E-state index in [-0.39, 0.29) is 18.2 Å². The first kappa shape index (κ1) is 21.0. The summed E-state index contributed by atoms with van der Waals surface area (Å²) in [4.78, 5) is 26.0. The van der Waals surface area contributed by atoms with Gasteiger partial charge in [-0.1, -0.05) is 12.8 Å². The van der Waals surface area contributed by atoms with Gasteiger partial charge in [-0.15, -0.1) is 0 Å². The van der Waals surface area contributed by atoms with Crippen molar-refractivity contribution < 1.29 is 28.0 Å². The van der Waals surface area contributed by atoms with Crippen molar-refractivity contribution in [3.63, 3.8) is 0 Å². The number of hydrogen-bond donors (Lipinski definition) is 4. The van der Waals surface area contributed by atoms with E-state index < -0.39 is 47.1 Å². The third-order valence-corrected chi connectivity index (χ3v) is 8.72. The van der Waals surface area contributed by atoms with Crippen molar-refractivity contribution in [2.75, 3.05) is 12.3 Å². The predicted molar refractivity (Wildman–Crippen MR) is 102 cm³/mol. The first-order valence-corrected chi connectivity index (χ1v) is 12.9. The Balaban J connectivity index is 1.86. The number of aliphatic hydroxyl groups is 1. The Bertz CT molecular complexity index is 829. The molecule has 1 aromatic heterocycles. The second kappa shape index (κ2) is 8.34. The van der Waals surface area contributed by atoms with E-state index in [0.29, 0.717) is 0 Å². The smallest absolute Gasteiger partial charge is 0.351 e. The number of hydrogen-bond acceptors (Lipinski definition) is 8. The van der Waals surface area contributed by atoms with Gasteiger partial charge in [0.15, 0.2) is 0 Å². The molecule has 10 nitrogen and oxygen atoms in total. The van der Waals surface area contributed by atoms with Crippen molar-refractivity contribution in [1.82, 2.24) is 9.55 Å². The van der Waals surface area contributed by atoms with Crippen LogP contribution in [0.5, 0.6) is 0 Å². The van der Waals surface area contributed by atoms with Gasteiger partial charge in [0, 0.05) is 18.2 Å². The van der Waals surface area contributed by atoms with Crippen LogP contribution in [0, 0.1) is 0 Å². The van der Waals surface area contributed by atoms with Crippen LogP contribution in [0.15, 0.2) is 11.0 Å². The molecule has 27 heavy (non-hydrogen) atoms. The van der Waals surface area contributed by atoms with E-state index in [4.69, 9.17) is 19.5 Å². The molecule has 0 spiro atoms. The molecular formula is C14H22N3O7PS2. The lowest BCUT2D eigenvalue weighted by Crippen LogP contribution is -2.29. The zero-order chi connectivity index (χ0) is 19.8. The van der Waals surface area contributed by atoms with Gasteiger partial charge < -0.3 is 25.0 Å². The number of aliphatic hydroxyl groups excluding tert-OH is 1.